The molecule has 2 aromatic carbocycles. The van der Waals surface area contributed by atoms with Crippen LogP contribution in [0.1, 0.15) is 23.2 Å². The van der Waals surface area contributed by atoms with E-state index in [9.17, 15) is 9.59 Å². The second-order valence-corrected chi connectivity index (χ2v) is 9.96. The van der Waals surface area contributed by atoms with E-state index in [4.69, 9.17) is 0 Å². The fourth-order valence-electron chi connectivity index (χ4n) is 3.92. The molecular formula is C22H26N4O2S2. The van der Waals surface area contributed by atoms with Crippen LogP contribution >= 0.6 is 21.6 Å². The lowest BCUT2D eigenvalue weighted by Gasteiger charge is -2.24. The molecule has 2 unspecified atom stereocenters. The smallest absolute Gasteiger partial charge is 0.318 e. The Bertz CT molecular complexity index is 781. The third-order valence-corrected chi connectivity index (χ3v) is 7.82. The normalized spacial score (nSPS) is 21.1. The third kappa shape index (κ3) is 4.87. The Hall–Kier alpha value is -2.32. The van der Waals surface area contributed by atoms with Crippen LogP contribution in [0.25, 0.3) is 0 Å². The van der Waals surface area contributed by atoms with Crippen LogP contribution in [0.4, 0.5) is 9.59 Å². The molecule has 2 fully saturated rings. The molecule has 2 aliphatic rings. The van der Waals surface area contributed by atoms with Gasteiger partial charge in [0, 0.05) is 37.7 Å². The van der Waals surface area contributed by atoms with E-state index in [2.05, 4.69) is 34.9 Å². The predicted octanol–water partition coefficient (Wildman–Crippen LogP) is 3.90. The Labute approximate surface area is 185 Å². The molecule has 2 aromatic rings. The molecular weight excluding hydrogens is 416 g/mol. The summed E-state index contributed by atoms with van der Waals surface area (Å²) in [7, 11) is 3.52. The van der Waals surface area contributed by atoms with E-state index in [-0.39, 0.29) is 24.1 Å². The number of rotatable bonds is 9. The Morgan fingerprint density at radius 3 is 1.50 bits per heavy atom. The largest absolute Gasteiger partial charge is 0.336 e. The summed E-state index contributed by atoms with van der Waals surface area (Å²) in [6.45, 7) is 2.73. The van der Waals surface area contributed by atoms with Crippen molar-refractivity contribution in [2.75, 3.05) is 37.7 Å². The molecule has 2 saturated heterocycles. The van der Waals surface area contributed by atoms with Crippen LogP contribution in [0.15, 0.2) is 60.7 Å². The molecule has 8 heteroatoms. The highest BCUT2D eigenvalue weighted by molar-refractivity contribution is 8.76. The molecule has 2 aliphatic heterocycles. The molecule has 0 saturated carbocycles. The third-order valence-electron chi connectivity index (χ3n) is 5.45. The van der Waals surface area contributed by atoms with E-state index >= 15 is 0 Å². The van der Waals surface area contributed by atoms with Gasteiger partial charge < -0.3 is 20.4 Å². The molecule has 2 heterocycles. The monoisotopic (exact) mass is 442 g/mol. The molecule has 4 amide bonds. The van der Waals surface area contributed by atoms with Crippen LogP contribution in [-0.2, 0) is 0 Å². The van der Waals surface area contributed by atoms with Crippen LogP contribution in [0.3, 0.4) is 0 Å². The minimum atomic E-state index is 0.00823. The number of amides is 4. The number of carbonyl (C=O) groups excluding carboxylic acids is 2. The molecule has 0 bridgehead atoms. The predicted molar refractivity (Wildman–Crippen MR) is 123 cm³/mol. The number of nitrogens with zero attached hydrogens (tertiary/aromatic N) is 2. The highest BCUT2D eigenvalue weighted by atomic mass is 33.1. The molecule has 0 radical (unpaired) electrons. The second kappa shape index (κ2) is 10.1. The molecule has 30 heavy (non-hydrogen) atoms. The van der Waals surface area contributed by atoms with Gasteiger partial charge in [-0.15, -0.1) is 0 Å². The van der Waals surface area contributed by atoms with E-state index in [1.54, 1.807) is 21.6 Å². The summed E-state index contributed by atoms with van der Waals surface area (Å²) >= 11 is 0. The number of hydrogen-bond donors (Lipinski definition) is 2. The maximum atomic E-state index is 12.2. The molecule has 158 valence electrons. The molecule has 6 nitrogen and oxygen atoms in total. The van der Waals surface area contributed by atoms with Gasteiger partial charge in [0.1, 0.15) is 0 Å². The quantitative estimate of drug-likeness (QED) is 0.457. The van der Waals surface area contributed by atoms with Gasteiger partial charge in [-0.05, 0) is 11.1 Å². The summed E-state index contributed by atoms with van der Waals surface area (Å²) in [4.78, 5) is 28.3. The van der Waals surface area contributed by atoms with Crippen molar-refractivity contribution in [2.45, 2.75) is 12.1 Å². The average molecular weight is 443 g/mol. The van der Waals surface area contributed by atoms with Crippen LogP contribution in [-0.4, -0.2) is 59.5 Å². The molecule has 2 atom stereocenters. The molecule has 2 N–H and O–H groups in total. The zero-order valence-corrected chi connectivity index (χ0v) is 18.3. The number of urea groups is 2. The fourth-order valence-corrected chi connectivity index (χ4v) is 5.86. The van der Waals surface area contributed by atoms with E-state index in [1.165, 1.54) is 11.1 Å². The van der Waals surface area contributed by atoms with Gasteiger partial charge in [0.05, 0.1) is 12.1 Å². The van der Waals surface area contributed by atoms with E-state index in [0.717, 1.165) is 11.5 Å². The number of carbonyl (C=O) groups is 2. The minimum absolute atomic E-state index is 0.00823. The first-order valence-electron chi connectivity index (χ1n) is 10.2. The van der Waals surface area contributed by atoms with Crippen molar-refractivity contribution in [3.05, 3.63) is 71.8 Å². The standard InChI is InChI=1S/C22H26N4O2S2/c27-21-23-15-19(17-7-3-1-4-8-17)25(21)11-13-29-30-14-12-26-20(16-24-22(26)28)18-9-5-2-6-10-18/h1-10,19-20H,11-16H2,(H,23,27)(H,24,28). The van der Waals surface area contributed by atoms with Gasteiger partial charge in [-0.25, -0.2) is 9.59 Å². The van der Waals surface area contributed by atoms with E-state index < -0.39 is 0 Å². The van der Waals surface area contributed by atoms with Crippen molar-refractivity contribution in [3.63, 3.8) is 0 Å². The van der Waals surface area contributed by atoms with Crippen molar-refractivity contribution in [3.8, 4) is 0 Å². The van der Waals surface area contributed by atoms with Crippen molar-refractivity contribution in [1.82, 2.24) is 20.4 Å². The summed E-state index contributed by atoms with van der Waals surface area (Å²) in [6, 6.07) is 20.5. The van der Waals surface area contributed by atoms with Crippen molar-refractivity contribution >= 4 is 33.7 Å². The lowest BCUT2D eigenvalue weighted by molar-refractivity contribution is 0.207. The van der Waals surface area contributed by atoms with Gasteiger partial charge in [0.25, 0.3) is 0 Å². The highest BCUT2D eigenvalue weighted by Gasteiger charge is 2.32. The average Bonchev–Trinajstić information content (AvgIpc) is 3.34. The Kier molecular flexibility index (Phi) is 7.07. The van der Waals surface area contributed by atoms with Gasteiger partial charge in [-0.1, -0.05) is 82.3 Å². The Balaban J connectivity index is 1.21. The lowest BCUT2D eigenvalue weighted by atomic mass is 10.1. The molecule has 0 spiro atoms. The fraction of sp³-hybridized carbons (Fsp3) is 0.364. The number of benzene rings is 2. The molecule has 0 aromatic heterocycles. The maximum Gasteiger partial charge on any atom is 0.318 e. The summed E-state index contributed by atoms with van der Waals surface area (Å²) in [5.41, 5.74) is 2.33. The van der Waals surface area contributed by atoms with Gasteiger partial charge in [-0.2, -0.15) is 0 Å². The summed E-state index contributed by atoms with van der Waals surface area (Å²) < 4.78 is 0. The van der Waals surface area contributed by atoms with Crippen LogP contribution in [0.2, 0.25) is 0 Å². The first-order valence-corrected chi connectivity index (χ1v) is 12.7. The number of hydrogen-bond acceptors (Lipinski definition) is 4. The lowest BCUT2D eigenvalue weighted by Crippen LogP contribution is -2.32. The van der Waals surface area contributed by atoms with Crippen LogP contribution < -0.4 is 10.6 Å². The SMILES string of the molecule is O=C1NCC(c2ccccc2)N1CCSSCCN1C(=O)NCC1c1ccccc1. The van der Waals surface area contributed by atoms with Gasteiger partial charge >= 0.3 is 12.1 Å². The highest BCUT2D eigenvalue weighted by Crippen LogP contribution is 2.29. The molecule has 0 aliphatic carbocycles. The maximum absolute atomic E-state index is 12.2. The molecule has 4 rings (SSSR count). The summed E-state index contributed by atoms with van der Waals surface area (Å²) in [5.74, 6) is 1.71. The van der Waals surface area contributed by atoms with E-state index in [1.807, 2.05) is 46.2 Å². The first kappa shape index (κ1) is 20.9. The van der Waals surface area contributed by atoms with Gasteiger partial charge in [0.2, 0.25) is 0 Å². The number of nitrogens with one attached hydrogen (secondary N) is 2. The minimum Gasteiger partial charge on any atom is -0.336 e. The Morgan fingerprint density at radius 2 is 1.10 bits per heavy atom. The first-order chi connectivity index (χ1) is 14.7. The zero-order chi connectivity index (χ0) is 20.8. The van der Waals surface area contributed by atoms with Gasteiger partial charge in [-0.3, -0.25) is 0 Å². The van der Waals surface area contributed by atoms with Crippen molar-refractivity contribution in [2.24, 2.45) is 0 Å². The Morgan fingerprint density at radius 1 is 0.700 bits per heavy atom. The second-order valence-electron chi connectivity index (χ2n) is 7.26. The van der Waals surface area contributed by atoms with E-state index in [0.29, 0.717) is 26.2 Å². The van der Waals surface area contributed by atoms with Crippen molar-refractivity contribution in [1.29, 1.82) is 0 Å². The van der Waals surface area contributed by atoms with Crippen LogP contribution in [0, 0.1) is 0 Å². The zero-order valence-electron chi connectivity index (χ0n) is 16.7. The van der Waals surface area contributed by atoms with Gasteiger partial charge in [0.15, 0.2) is 0 Å². The van der Waals surface area contributed by atoms with Crippen molar-refractivity contribution < 1.29 is 9.59 Å². The summed E-state index contributed by atoms with van der Waals surface area (Å²) in [6.07, 6.45) is 0. The topological polar surface area (TPSA) is 64.7 Å². The summed E-state index contributed by atoms with van der Waals surface area (Å²) in [5, 5.41) is 5.90. The van der Waals surface area contributed by atoms with Crippen LogP contribution in [0.5, 0.6) is 0 Å².